The summed E-state index contributed by atoms with van der Waals surface area (Å²) in [5, 5.41) is 0. The van der Waals surface area contributed by atoms with Crippen LogP contribution in [0, 0.1) is 6.92 Å². The molecule has 12 heavy (non-hydrogen) atoms. The second-order valence-corrected chi connectivity index (χ2v) is 2.98. The minimum absolute atomic E-state index is 1.00. The Bertz CT molecular complexity index is 401. The number of pyridine rings is 1. The summed E-state index contributed by atoms with van der Waals surface area (Å²) < 4.78 is 2.12. The van der Waals surface area contributed by atoms with Crippen LogP contribution in [0.3, 0.4) is 0 Å². The summed E-state index contributed by atoms with van der Waals surface area (Å²) >= 11 is 0. The maximum Gasteiger partial charge on any atom is 0.137 e. The van der Waals surface area contributed by atoms with Crippen molar-refractivity contribution in [3.63, 3.8) is 0 Å². The van der Waals surface area contributed by atoms with Gasteiger partial charge in [-0.05, 0) is 25.5 Å². The fourth-order valence-corrected chi connectivity index (χ4v) is 1.37. The third kappa shape index (κ3) is 0.998. The fourth-order valence-electron chi connectivity index (χ4n) is 1.37. The largest absolute Gasteiger partial charge is 0.304 e. The molecular formula is C10H12N2. The van der Waals surface area contributed by atoms with E-state index in [-0.39, 0.29) is 0 Å². The van der Waals surface area contributed by atoms with Gasteiger partial charge in [0.05, 0.1) is 5.69 Å². The molecule has 2 heterocycles. The molecule has 62 valence electrons. The van der Waals surface area contributed by atoms with Gasteiger partial charge in [0.2, 0.25) is 0 Å². The molecule has 0 saturated heterocycles. The van der Waals surface area contributed by atoms with Crippen molar-refractivity contribution in [3.8, 4) is 0 Å². The van der Waals surface area contributed by atoms with E-state index in [2.05, 4.69) is 35.5 Å². The Kier molecular flexibility index (Phi) is 1.61. The molecule has 0 saturated carbocycles. The molecule has 0 N–H and O–H groups in total. The topological polar surface area (TPSA) is 17.3 Å². The van der Waals surface area contributed by atoms with Gasteiger partial charge in [-0.3, -0.25) is 0 Å². The van der Waals surface area contributed by atoms with Crippen molar-refractivity contribution >= 4 is 5.65 Å². The van der Waals surface area contributed by atoms with E-state index in [0.717, 1.165) is 17.8 Å². The smallest absolute Gasteiger partial charge is 0.137 e. The Morgan fingerprint density at radius 3 is 2.92 bits per heavy atom. The van der Waals surface area contributed by atoms with Gasteiger partial charge < -0.3 is 4.40 Å². The van der Waals surface area contributed by atoms with Crippen LogP contribution >= 0.6 is 0 Å². The first-order valence-corrected chi connectivity index (χ1v) is 4.25. The highest BCUT2D eigenvalue weighted by molar-refractivity contribution is 5.41. The lowest BCUT2D eigenvalue weighted by Crippen LogP contribution is -1.86. The van der Waals surface area contributed by atoms with E-state index in [0.29, 0.717) is 0 Å². The molecule has 0 spiro atoms. The average molecular weight is 160 g/mol. The lowest BCUT2D eigenvalue weighted by molar-refractivity contribution is 1.06. The van der Waals surface area contributed by atoms with Crippen molar-refractivity contribution in [1.29, 1.82) is 0 Å². The zero-order valence-electron chi connectivity index (χ0n) is 7.41. The van der Waals surface area contributed by atoms with Gasteiger partial charge in [0.1, 0.15) is 5.65 Å². The molecule has 0 aliphatic carbocycles. The predicted molar refractivity (Wildman–Crippen MR) is 49.3 cm³/mol. The van der Waals surface area contributed by atoms with Gasteiger partial charge in [-0.1, -0.05) is 13.0 Å². The van der Waals surface area contributed by atoms with Crippen LogP contribution in [0.4, 0.5) is 0 Å². The van der Waals surface area contributed by atoms with E-state index in [4.69, 9.17) is 0 Å². The summed E-state index contributed by atoms with van der Waals surface area (Å²) in [6, 6.07) is 6.16. The minimum atomic E-state index is 1.00. The molecule has 0 aliphatic heterocycles. The van der Waals surface area contributed by atoms with Crippen LogP contribution in [0.2, 0.25) is 0 Å². The van der Waals surface area contributed by atoms with Crippen LogP contribution in [0.15, 0.2) is 24.4 Å². The van der Waals surface area contributed by atoms with Crippen molar-refractivity contribution < 1.29 is 0 Å². The highest BCUT2D eigenvalue weighted by Crippen LogP contribution is 2.08. The summed E-state index contributed by atoms with van der Waals surface area (Å²) in [4.78, 5) is 4.46. The Labute approximate surface area is 71.9 Å². The first kappa shape index (κ1) is 7.35. The van der Waals surface area contributed by atoms with Crippen LogP contribution in [0.25, 0.3) is 5.65 Å². The van der Waals surface area contributed by atoms with Crippen molar-refractivity contribution in [1.82, 2.24) is 9.38 Å². The average Bonchev–Trinajstić information content (AvgIpc) is 2.49. The Balaban J connectivity index is 2.74. The molecule has 0 radical (unpaired) electrons. The van der Waals surface area contributed by atoms with Gasteiger partial charge in [0.15, 0.2) is 0 Å². The van der Waals surface area contributed by atoms with Gasteiger partial charge in [-0.2, -0.15) is 0 Å². The molecule has 0 aliphatic rings. The van der Waals surface area contributed by atoms with Crippen molar-refractivity contribution in [3.05, 3.63) is 35.8 Å². The third-order valence-electron chi connectivity index (χ3n) is 2.11. The number of nitrogens with zero attached hydrogens (tertiary/aromatic N) is 2. The van der Waals surface area contributed by atoms with Crippen LogP contribution in [0.5, 0.6) is 0 Å². The minimum Gasteiger partial charge on any atom is -0.304 e. The number of hydrogen-bond acceptors (Lipinski definition) is 1. The van der Waals surface area contributed by atoms with Crippen LogP contribution in [-0.4, -0.2) is 9.38 Å². The summed E-state index contributed by atoms with van der Waals surface area (Å²) in [6.07, 6.45) is 3.10. The number of aryl methyl sites for hydroxylation is 2. The van der Waals surface area contributed by atoms with E-state index in [9.17, 15) is 0 Å². The standard InChI is InChI=1S/C10H12N2/c1-3-9-7-12-8(2)5-4-6-10(12)11-9/h4-7H,3H2,1-2H3. The number of rotatable bonds is 1. The van der Waals surface area contributed by atoms with E-state index in [1.165, 1.54) is 5.69 Å². The normalized spacial score (nSPS) is 10.8. The highest BCUT2D eigenvalue weighted by atomic mass is 15.0. The van der Waals surface area contributed by atoms with Gasteiger partial charge >= 0.3 is 0 Å². The second kappa shape index (κ2) is 2.63. The van der Waals surface area contributed by atoms with Crippen LogP contribution < -0.4 is 0 Å². The summed E-state index contributed by atoms with van der Waals surface area (Å²) in [6.45, 7) is 4.21. The summed E-state index contributed by atoms with van der Waals surface area (Å²) in [7, 11) is 0. The molecule has 0 unspecified atom stereocenters. The molecule has 2 rings (SSSR count). The first-order chi connectivity index (χ1) is 5.81. The number of fused-ring (bicyclic) bond motifs is 1. The summed E-state index contributed by atoms with van der Waals surface area (Å²) in [5.74, 6) is 0. The van der Waals surface area contributed by atoms with Crippen molar-refractivity contribution in [2.45, 2.75) is 20.3 Å². The predicted octanol–water partition coefficient (Wildman–Crippen LogP) is 2.21. The maximum atomic E-state index is 4.46. The molecular weight excluding hydrogens is 148 g/mol. The molecule has 0 amide bonds. The molecule has 2 nitrogen and oxygen atoms in total. The molecule has 2 aromatic rings. The first-order valence-electron chi connectivity index (χ1n) is 4.25. The zero-order chi connectivity index (χ0) is 8.55. The zero-order valence-corrected chi connectivity index (χ0v) is 7.41. The third-order valence-corrected chi connectivity index (χ3v) is 2.11. The highest BCUT2D eigenvalue weighted by Gasteiger charge is 1.99. The van der Waals surface area contributed by atoms with E-state index < -0.39 is 0 Å². The van der Waals surface area contributed by atoms with Gasteiger partial charge in [-0.15, -0.1) is 0 Å². The van der Waals surface area contributed by atoms with Gasteiger partial charge in [0, 0.05) is 11.9 Å². The van der Waals surface area contributed by atoms with Gasteiger partial charge in [0.25, 0.3) is 0 Å². The quantitative estimate of drug-likeness (QED) is 0.625. The Morgan fingerprint density at radius 2 is 2.25 bits per heavy atom. The molecule has 0 bridgehead atoms. The summed E-state index contributed by atoms with van der Waals surface area (Å²) in [5.41, 5.74) is 3.44. The van der Waals surface area contributed by atoms with Crippen LogP contribution in [-0.2, 0) is 6.42 Å². The van der Waals surface area contributed by atoms with Crippen molar-refractivity contribution in [2.75, 3.05) is 0 Å². The molecule has 0 aromatic carbocycles. The monoisotopic (exact) mass is 160 g/mol. The van der Waals surface area contributed by atoms with Crippen LogP contribution in [0.1, 0.15) is 18.3 Å². The SMILES string of the molecule is CCc1cn2c(C)cccc2n1. The maximum absolute atomic E-state index is 4.46. The van der Waals surface area contributed by atoms with E-state index in [1.54, 1.807) is 0 Å². The molecule has 2 aromatic heterocycles. The number of aromatic nitrogens is 2. The Hall–Kier alpha value is -1.31. The number of imidazole rings is 1. The van der Waals surface area contributed by atoms with Gasteiger partial charge in [-0.25, -0.2) is 4.98 Å². The van der Waals surface area contributed by atoms with E-state index in [1.807, 2.05) is 12.1 Å². The number of hydrogen-bond donors (Lipinski definition) is 0. The van der Waals surface area contributed by atoms with E-state index >= 15 is 0 Å². The second-order valence-electron chi connectivity index (χ2n) is 2.98. The lowest BCUT2D eigenvalue weighted by atomic mass is 10.4. The molecule has 2 heteroatoms. The lowest BCUT2D eigenvalue weighted by Gasteiger charge is -1.95. The molecule has 0 fully saturated rings. The Morgan fingerprint density at radius 1 is 1.42 bits per heavy atom. The fraction of sp³-hybridized carbons (Fsp3) is 0.300. The molecule has 0 atom stereocenters. The van der Waals surface area contributed by atoms with Crippen molar-refractivity contribution in [2.24, 2.45) is 0 Å².